The van der Waals surface area contributed by atoms with Crippen LogP contribution in [0.2, 0.25) is 0 Å². The van der Waals surface area contributed by atoms with E-state index in [1.807, 2.05) is 35.5 Å². The lowest BCUT2D eigenvalue weighted by molar-refractivity contribution is -0.130. The van der Waals surface area contributed by atoms with Crippen molar-refractivity contribution in [3.05, 3.63) is 72.1 Å². The van der Waals surface area contributed by atoms with E-state index in [0.717, 1.165) is 42.8 Å². The number of carbonyl (C=O) groups excluding carboxylic acids is 1. The molecule has 132 valence electrons. The van der Waals surface area contributed by atoms with Crippen molar-refractivity contribution in [1.29, 1.82) is 0 Å². The van der Waals surface area contributed by atoms with Gasteiger partial charge in [0, 0.05) is 43.1 Å². The molecule has 1 amide bonds. The summed E-state index contributed by atoms with van der Waals surface area (Å²) in [6.07, 6.45) is 4.32. The van der Waals surface area contributed by atoms with Gasteiger partial charge in [0.2, 0.25) is 5.91 Å². The molecule has 1 aliphatic heterocycles. The fourth-order valence-corrected chi connectivity index (χ4v) is 3.54. The number of anilines is 1. The molecule has 1 fully saturated rings. The van der Waals surface area contributed by atoms with Gasteiger partial charge in [-0.3, -0.25) is 9.78 Å². The molecule has 0 N–H and O–H groups in total. The van der Waals surface area contributed by atoms with Crippen molar-refractivity contribution in [3.63, 3.8) is 0 Å². The topological polar surface area (TPSA) is 36.4 Å². The molecular formula is C22H23N3O. The van der Waals surface area contributed by atoms with Crippen molar-refractivity contribution in [2.75, 3.05) is 31.1 Å². The van der Waals surface area contributed by atoms with Crippen LogP contribution in [0.25, 0.3) is 10.8 Å². The lowest BCUT2D eigenvalue weighted by Gasteiger charge is -2.36. The van der Waals surface area contributed by atoms with Crippen LogP contribution >= 0.6 is 0 Å². The Morgan fingerprint density at radius 1 is 0.962 bits per heavy atom. The van der Waals surface area contributed by atoms with Gasteiger partial charge in [0.25, 0.3) is 0 Å². The summed E-state index contributed by atoms with van der Waals surface area (Å²) in [6.45, 7) is 5.26. The third-order valence-corrected chi connectivity index (χ3v) is 5.10. The van der Waals surface area contributed by atoms with Crippen LogP contribution in [-0.4, -0.2) is 42.0 Å². The van der Waals surface area contributed by atoms with Gasteiger partial charge in [-0.1, -0.05) is 54.1 Å². The molecular weight excluding hydrogens is 322 g/mol. The van der Waals surface area contributed by atoms with E-state index in [-0.39, 0.29) is 5.91 Å². The number of amides is 1. The maximum absolute atomic E-state index is 12.6. The van der Waals surface area contributed by atoms with E-state index in [0.29, 0.717) is 6.42 Å². The minimum absolute atomic E-state index is 0.213. The highest BCUT2D eigenvalue weighted by Gasteiger charge is 2.22. The van der Waals surface area contributed by atoms with E-state index >= 15 is 0 Å². The molecule has 4 heteroatoms. The monoisotopic (exact) mass is 345 g/mol. The van der Waals surface area contributed by atoms with Crippen molar-refractivity contribution in [2.24, 2.45) is 0 Å². The number of pyridine rings is 1. The van der Waals surface area contributed by atoms with Crippen molar-refractivity contribution >= 4 is 22.4 Å². The van der Waals surface area contributed by atoms with Crippen LogP contribution in [0.1, 0.15) is 11.1 Å². The first kappa shape index (κ1) is 16.6. The van der Waals surface area contributed by atoms with Gasteiger partial charge in [-0.2, -0.15) is 0 Å². The van der Waals surface area contributed by atoms with Crippen molar-refractivity contribution in [1.82, 2.24) is 9.88 Å². The molecule has 1 saturated heterocycles. The van der Waals surface area contributed by atoms with E-state index in [1.54, 1.807) is 0 Å². The maximum Gasteiger partial charge on any atom is 0.227 e. The minimum atomic E-state index is 0.213. The summed E-state index contributed by atoms with van der Waals surface area (Å²) in [5.74, 6) is 0.213. The van der Waals surface area contributed by atoms with Gasteiger partial charge >= 0.3 is 0 Å². The van der Waals surface area contributed by atoms with Gasteiger partial charge < -0.3 is 9.80 Å². The van der Waals surface area contributed by atoms with Crippen molar-refractivity contribution < 1.29 is 4.79 Å². The molecule has 0 aliphatic carbocycles. The van der Waals surface area contributed by atoms with Crippen molar-refractivity contribution in [2.45, 2.75) is 13.3 Å². The third-order valence-electron chi connectivity index (χ3n) is 5.10. The largest absolute Gasteiger partial charge is 0.366 e. The molecule has 0 bridgehead atoms. The average molecular weight is 345 g/mol. The Labute approximate surface area is 154 Å². The first-order valence-electron chi connectivity index (χ1n) is 9.12. The zero-order valence-corrected chi connectivity index (χ0v) is 15.1. The van der Waals surface area contributed by atoms with Gasteiger partial charge in [-0.05, 0) is 12.5 Å². The molecule has 4 nitrogen and oxygen atoms in total. The van der Waals surface area contributed by atoms with Gasteiger partial charge in [-0.25, -0.2) is 0 Å². The van der Waals surface area contributed by atoms with Gasteiger partial charge in [0.15, 0.2) is 0 Å². The number of aromatic nitrogens is 1. The Kier molecular flexibility index (Phi) is 4.57. The SMILES string of the molecule is Cc1ccc(CC(=O)N2CCN(c3cncc4ccccc34)CC2)cc1. The lowest BCUT2D eigenvalue weighted by Crippen LogP contribution is -2.49. The molecule has 1 aromatic heterocycles. The number of rotatable bonds is 3. The van der Waals surface area contributed by atoms with Gasteiger partial charge in [0.1, 0.15) is 0 Å². The normalized spacial score (nSPS) is 14.7. The van der Waals surface area contributed by atoms with Crippen LogP contribution in [0.5, 0.6) is 0 Å². The average Bonchev–Trinajstić information content (AvgIpc) is 2.69. The predicted octanol–water partition coefficient (Wildman–Crippen LogP) is 3.43. The third kappa shape index (κ3) is 3.40. The fourth-order valence-electron chi connectivity index (χ4n) is 3.54. The fraction of sp³-hybridized carbons (Fsp3) is 0.273. The molecule has 4 rings (SSSR count). The summed E-state index contributed by atoms with van der Waals surface area (Å²) in [5.41, 5.74) is 3.47. The second kappa shape index (κ2) is 7.16. The molecule has 3 aromatic rings. The van der Waals surface area contributed by atoms with Crippen LogP contribution in [0.4, 0.5) is 5.69 Å². The molecule has 0 radical (unpaired) electrons. The molecule has 0 saturated carbocycles. The Morgan fingerprint density at radius 2 is 1.69 bits per heavy atom. The first-order valence-corrected chi connectivity index (χ1v) is 9.12. The quantitative estimate of drug-likeness (QED) is 0.730. The number of hydrogen-bond donors (Lipinski definition) is 0. The Bertz CT molecular complexity index is 907. The number of fused-ring (bicyclic) bond motifs is 1. The minimum Gasteiger partial charge on any atom is -0.366 e. The molecule has 2 aromatic carbocycles. The number of hydrogen-bond acceptors (Lipinski definition) is 3. The van der Waals surface area contributed by atoms with E-state index in [4.69, 9.17) is 0 Å². The van der Waals surface area contributed by atoms with E-state index in [1.165, 1.54) is 10.9 Å². The number of aryl methyl sites for hydroxylation is 1. The van der Waals surface area contributed by atoms with Gasteiger partial charge in [-0.15, -0.1) is 0 Å². The highest BCUT2D eigenvalue weighted by atomic mass is 16.2. The zero-order valence-electron chi connectivity index (χ0n) is 15.1. The molecule has 1 aliphatic rings. The molecule has 0 atom stereocenters. The zero-order chi connectivity index (χ0) is 17.9. The first-order chi connectivity index (χ1) is 12.7. The molecule has 0 unspecified atom stereocenters. The van der Waals surface area contributed by atoms with Crippen LogP contribution in [0.15, 0.2) is 60.9 Å². The maximum atomic E-state index is 12.6. The second-order valence-electron chi connectivity index (χ2n) is 6.91. The number of benzene rings is 2. The summed E-state index contributed by atoms with van der Waals surface area (Å²) in [5, 5.41) is 2.38. The number of piperazine rings is 1. The standard InChI is InChI=1S/C22H23N3O/c1-17-6-8-18(9-7-17)14-22(26)25-12-10-24(11-13-25)21-16-23-15-19-4-2-3-5-20(19)21/h2-9,15-16H,10-14H2,1H3. The lowest BCUT2D eigenvalue weighted by atomic mass is 10.1. The molecule has 26 heavy (non-hydrogen) atoms. The van der Waals surface area contributed by atoms with Crippen LogP contribution in [0.3, 0.4) is 0 Å². The predicted molar refractivity (Wildman–Crippen MR) is 105 cm³/mol. The van der Waals surface area contributed by atoms with Crippen molar-refractivity contribution in [3.8, 4) is 0 Å². The molecule has 0 spiro atoms. The summed E-state index contributed by atoms with van der Waals surface area (Å²) in [7, 11) is 0. The molecule has 2 heterocycles. The Morgan fingerprint density at radius 3 is 2.46 bits per heavy atom. The number of carbonyl (C=O) groups is 1. The van der Waals surface area contributed by atoms with E-state index in [2.05, 4.69) is 47.1 Å². The van der Waals surface area contributed by atoms with Crippen LogP contribution < -0.4 is 4.90 Å². The van der Waals surface area contributed by atoms with E-state index < -0.39 is 0 Å². The van der Waals surface area contributed by atoms with Gasteiger partial charge in [0.05, 0.1) is 18.3 Å². The van der Waals surface area contributed by atoms with Crippen LogP contribution in [-0.2, 0) is 11.2 Å². The smallest absolute Gasteiger partial charge is 0.227 e. The summed E-state index contributed by atoms with van der Waals surface area (Å²) < 4.78 is 0. The highest BCUT2D eigenvalue weighted by molar-refractivity contribution is 5.93. The van der Waals surface area contributed by atoms with E-state index in [9.17, 15) is 4.79 Å². The Balaban J connectivity index is 1.42. The summed E-state index contributed by atoms with van der Waals surface area (Å²) >= 11 is 0. The van der Waals surface area contributed by atoms with Crippen LogP contribution in [0, 0.1) is 6.92 Å². The number of nitrogens with zero attached hydrogens (tertiary/aromatic N) is 3. The second-order valence-corrected chi connectivity index (χ2v) is 6.91. The summed E-state index contributed by atoms with van der Waals surface area (Å²) in [6, 6.07) is 16.6. The summed E-state index contributed by atoms with van der Waals surface area (Å²) in [4.78, 5) is 21.3. The highest BCUT2D eigenvalue weighted by Crippen LogP contribution is 2.26. The Hall–Kier alpha value is -2.88.